The predicted octanol–water partition coefficient (Wildman–Crippen LogP) is 3.86. The zero-order chi connectivity index (χ0) is 17.5. The fraction of sp³-hybridized carbons (Fsp3) is 0.444. The maximum atomic E-state index is 12.2. The van der Waals surface area contributed by atoms with Crippen LogP contribution in [0.2, 0.25) is 5.02 Å². The number of hydrogen-bond acceptors (Lipinski definition) is 4. The van der Waals surface area contributed by atoms with Gasteiger partial charge >= 0.3 is 0 Å². The second kappa shape index (κ2) is 8.60. The van der Waals surface area contributed by atoms with Gasteiger partial charge in [-0.3, -0.25) is 4.79 Å². The van der Waals surface area contributed by atoms with E-state index in [2.05, 4.69) is 17.6 Å². The van der Waals surface area contributed by atoms with E-state index in [0.717, 1.165) is 6.42 Å². The molecular formula is C18H22ClN3O2. The van der Waals surface area contributed by atoms with Crippen LogP contribution in [0.1, 0.15) is 32.6 Å². The molecule has 0 aliphatic heterocycles. The van der Waals surface area contributed by atoms with E-state index in [-0.39, 0.29) is 5.57 Å². The molecule has 5 nitrogen and oxygen atoms in total. The largest absolute Gasteiger partial charge is 0.495 e. The summed E-state index contributed by atoms with van der Waals surface area (Å²) in [6.07, 6.45) is 6.17. The molecule has 0 aromatic heterocycles. The summed E-state index contributed by atoms with van der Waals surface area (Å²) in [5.41, 5.74) is 0.553. The Morgan fingerprint density at radius 1 is 1.42 bits per heavy atom. The Labute approximate surface area is 147 Å². The Bertz CT molecular complexity index is 667. The highest BCUT2D eigenvalue weighted by Gasteiger charge is 2.20. The monoisotopic (exact) mass is 347 g/mol. The van der Waals surface area contributed by atoms with Crippen molar-refractivity contribution in [3.05, 3.63) is 35.0 Å². The van der Waals surface area contributed by atoms with Gasteiger partial charge in [0, 0.05) is 17.9 Å². The average Bonchev–Trinajstić information content (AvgIpc) is 2.57. The van der Waals surface area contributed by atoms with Crippen molar-refractivity contribution in [3.63, 3.8) is 0 Å². The van der Waals surface area contributed by atoms with E-state index in [1.165, 1.54) is 32.6 Å². The molecular weight excluding hydrogens is 326 g/mol. The van der Waals surface area contributed by atoms with Crippen LogP contribution < -0.4 is 15.4 Å². The third-order valence-corrected chi connectivity index (χ3v) is 4.62. The molecule has 1 aromatic rings. The molecule has 2 N–H and O–H groups in total. The molecule has 1 fully saturated rings. The lowest BCUT2D eigenvalue weighted by molar-refractivity contribution is -0.112. The molecule has 2 atom stereocenters. The topological polar surface area (TPSA) is 74.1 Å². The molecule has 2 unspecified atom stereocenters. The lowest BCUT2D eigenvalue weighted by atomic mass is 9.86. The number of nitrogens with zero attached hydrogens (tertiary/aromatic N) is 1. The number of halogens is 1. The second-order valence-electron chi connectivity index (χ2n) is 6.01. The maximum absolute atomic E-state index is 12.2. The average molecular weight is 348 g/mol. The number of anilines is 1. The van der Waals surface area contributed by atoms with Crippen molar-refractivity contribution in [2.45, 2.75) is 38.6 Å². The first kappa shape index (κ1) is 18.2. The minimum absolute atomic E-state index is 0.0414. The van der Waals surface area contributed by atoms with Crippen molar-refractivity contribution >= 4 is 23.2 Å². The first-order valence-corrected chi connectivity index (χ1v) is 8.44. The molecule has 128 valence electrons. The number of hydrogen-bond donors (Lipinski definition) is 2. The second-order valence-corrected chi connectivity index (χ2v) is 6.42. The molecule has 0 saturated heterocycles. The molecule has 0 spiro atoms. The van der Waals surface area contributed by atoms with E-state index in [9.17, 15) is 10.1 Å². The maximum Gasteiger partial charge on any atom is 0.267 e. The highest BCUT2D eigenvalue weighted by molar-refractivity contribution is 6.32. The van der Waals surface area contributed by atoms with Gasteiger partial charge in [-0.2, -0.15) is 5.26 Å². The number of nitrogens with one attached hydrogen (secondary N) is 2. The summed E-state index contributed by atoms with van der Waals surface area (Å²) in [4.78, 5) is 12.2. The number of rotatable bonds is 5. The van der Waals surface area contributed by atoms with Gasteiger partial charge in [-0.15, -0.1) is 0 Å². The summed E-state index contributed by atoms with van der Waals surface area (Å²) >= 11 is 6.04. The zero-order valence-electron chi connectivity index (χ0n) is 13.9. The lowest BCUT2D eigenvalue weighted by Crippen LogP contribution is -2.34. The molecule has 1 aromatic carbocycles. The number of carbonyl (C=O) groups excluding carboxylic acids is 1. The summed E-state index contributed by atoms with van der Waals surface area (Å²) < 4.78 is 5.07. The highest BCUT2D eigenvalue weighted by Crippen LogP contribution is 2.27. The molecule has 24 heavy (non-hydrogen) atoms. The summed E-state index contributed by atoms with van der Waals surface area (Å²) in [7, 11) is 1.52. The van der Waals surface area contributed by atoms with Crippen molar-refractivity contribution in [3.8, 4) is 11.8 Å². The van der Waals surface area contributed by atoms with Gasteiger partial charge in [0.05, 0.1) is 12.1 Å². The van der Waals surface area contributed by atoms with Gasteiger partial charge < -0.3 is 15.4 Å². The minimum atomic E-state index is -0.463. The van der Waals surface area contributed by atoms with E-state index < -0.39 is 5.91 Å². The first-order chi connectivity index (χ1) is 11.5. The molecule has 1 saturated carbocycles. The predicted molar refractivity (Wildman–Crippen MR) is 94.9 cm³/mol. The number of ether oxygens (including phenoxy) is 1. The summed E-state index contributed by atoms with van der Waals surface area (Å²) in [5.74, 6) is 0.603. The number of amides is 1. The van der Waals surface area contributed by atoms with Gasteiger partial charge in [0.1, 0.15) is 17.4 Å². The van der Waals surface area contributed by atoms with Crippen molar-refractivity contribution in [2.24, 2.45) is 5.92 Å². The van der Waals surface area contributed by atoms with Gasteiger partial charge in [-0.05, 0) is 37.0 Å². The van der Waals surface area contributed by atoms with Crippen LogP contribution in [-0.4, -0.2) is 19.1 Å². The number of nitriles is 1. The zero-order valence-corrected chi connectivity index (χ0v) is 14.7. The quantitative estimate of drug-likeness (QED) is 0.626. The Morgan fingerprint density at radius 2 is 2.17 bits per heavy atom. The Hall–Kier alpha value is -2.19. The van der Waals surface area contributed by atoms with Crippen LogP contribution in [0.15, 0.2) is 30.0 Å². The summed E-state index contributed by atoms with van der Waals surface area (Å²) in [5, 5.41) is 15.5. The number of carbonyl (C=O) groups is 1. The summed E-state index contributed by atoms with van der Waals surface area (Å²) in [6.45, 7) is 2.19. The molecule has 1 aliphatic carbocycles. The van der Waals surface area contributed by atoms with Gasteiger partial charge in [0.2, 0.25) is 0 Å². The van der Waals surface area contributed by atoms with Crippen molar-refractivity contribution < 1.29 is 9.53 Å². The molecule has 0 radical (unpaired) electrons. The van der Waals surface area contributed by atoms with Gasteiger partial charge in [-0.1, -0.05) is 31.4 Å². The molecule has 0 heterocycles. The van der Waals surface area contributed by atoms with Crippen molar-refractivity contribution in [1.29, 1.82) is 5.26 Å². The SMILES string of the molecule is COc1ccc(NC(=O)/C(C#N)=C\NC2CCCCC2C)cc1Cl. The third kappa shape index (κ3) is 4.65. The van der Waals surface area contributed by atoms with Crippen molar-refractivity contribution in [2.75, 3.05) is 12.4 Å². The molecule has 0 bridgehead atoms. The third-order valence-electron chi connectivity index (χ3n) is 4.33. The minimum Gasteiger partial charge on any atom is -0.495 e. The fourth-order valence-corrected chi connectivity index (χ4v) is 3.10. The van der Waals surface area contributed by atoms with Crippen LogP contribution in [0.4, 0.5) is 5.69 Å². The van der Waals surface area contributed by atoms with E-state index in [1.807, 2.05) is 6.07 Å². The Kier molecular flexibility index (Phi) is 6.51. The van der Waals surface area contributed by atoms with Gasteiger partial charge in [-0.25, -0.2) is 0 Å². The van der Waals surface area contributed by atoms with Crippen LogP contribution in [0.3, 0.4) is 0 Å². The van der Waals surface area contributed by atoms with Gasteiger partial charge in [0.15, 0.2) is 0 Å². The normalized spacial score (nSPS) is 20.8. The smallest absolute Gasteiger partial charge is 0.267 e. The Balaban J connectivity index is 2.01. The van der Waals surface area contributed by atoms with Crippen LogP contribution in [0, 0.1) is 17.2 Å². The van der Waals surface area contributed by atoms with Gasteiger partial charge in [0.25, 0.3) is 5.91 Å². The van der Waals surface area contributed by atoms with Crippen LogP contribution in [-0.2, 0) is 4.79 Å². The Morgan fingerprint density at radius 3 is 2.79 bits per heavy atom. The fourth-order valence-electron chi connectivity index (χ4n) is 2.85. The summed E-state index contributed by atoms with van der Waals surface area (Å²) in [6, 6.07) is 7.18. The molecule has 1 aliphatic rings. The van der Waals surface area contributed by atoms with E-state index in [4.69, 9.17) is 16.3 Å². The lowest BCUT2D eigenvalue weighted by Gasteiger charge is -2.29. The first-order valence-electron chi connectivity index (χ1n) is 8.06. The van der Waals surface area contributed by atoms with E-state index in [1.54, 1.807) is 18.2 Å². The van der Waals surface area contributed by atoms with Crippen molar-refractivity contribution in [1.82, 2.24) is 5.32 Å². The highest BCUT2D eigenvalue weighted by atomic mass is 35.5. The van der Waals surface area contributed by atoms with Crippen LogP contribution >= 0.6 is 11.6 Å². The molecule has 6 heteroatoms. The van der Waals surface area contributed by atoms with Crippen LogP contribution in [0.25, 0.3) is 0 Å². The number of benzene rings is 1. The number of methoxy groups -OCH3 is 1. The van der Waals surface area contributed by atoms with E-state index in [0.29, 0.717) is 28.4 Å². The standard InChI is InChI=1S/C18H22ClN3O2/c1-12-5-3-4-6-16(12)21-11-13(10-20)18(23)22-14-7-8-17(24-2)15(19)9-14/h7-9,11-12,16,21H,3-6H2,1-2H3,(H,22,23)/b13-11-. The van der Waals surface area contributed by atoms with Crippen LogP contribution in [0.5, 0.6) is 5.75 Å². The molecule has 1 amide bonds. The van der Waals surface area contributed by atoms with E-state index >= 15 is 0 Å². The molecule has 2 rings (SSSR count).